The smallest absolute Gasteiger partial charge is 0.127 e. The van der Waals surface area contributed by atoms with Crippen molar-refractivity contribution in [1.29, 1.82) is 0 Å². The van der Waals surface area contributed by atoms with Crippen molar-refractivity contribution < 1.29 is 10.2 Å². The van der Waals surface area contributed by atoms with Crippen LogP contribution in [0.25, 0.3) is 11.1 Å². The van der Waals surface area contributed by atoms with Crippen LogP contribution in [0.5, 0.6) is 11.5 Å². The van der Waals surface area contributed by atoms with Crippen molar-refractivity contribution in [3.63, 3.8) is 0 Å². The SMILES string of the molecule is CCCc1c(C)c(C)c(O)c(-c2ccccc2O)c1CCC. The predicted molar refractivity (Wildman–Crippen MR) is 92.7 cm³/mol. The highest BCUT2D eigenvalue weighted by Gasteiger charge is 2.21. The van der Waals surface area contributed by atoms with Gasteiger partial charge in [0.2, 0.25) is 0 Å². The molecule has 2 aromatic carbocycles. The minimum Gasteiger partial charge on any atom is -0.507 e. The molecule has 0 aliphatic heterocycles. The monoisotopic (exact) mass is 298 g/mol. The molecule has 2 aromatic rings. The van der Waals surface area contributed by atoms with E-state index in [9.17, 15) is 10.2 Å². The van der Waals surface area contributed by atoms with Gasteiger partial charge in [-0.2, -0.15) is 0 Å². The molecule has 118 valence electrons. The fraction of sp³-hybridized carbons (Fsp3) is 0.400. The van der Waals surface area contributed by atoms with E-state index >= 15 is 0 Å². The van der Waals surface area contributed by atoms with Crippen molar-refractivity contribution in [2.75, 3.05) is 0 Å². The first-order chi connectivity index (χ1) is 10.5. The molecule has 0 atom stereocenters. The standard InChI is InChI=1S/C20H26O2/c1-5-9-15-13(3)14(4)20(22)19(16(15)10-6-2)17-11-7-8-12-18(17)21/h7-8,11-12,21-22H,5-6,9-10H2,1-4H3. The van der Waals surface area contributed by atoms with Gasteiger partial charge in [0.05, 0.1) is 0 Å². The first-order valence-corrected chi connectivity index (χ1v) is 8.15. The van der Waals surface area contributed by atoms with Crippen LogP contribution >= 0.6 is 0 Å². The molecule has 0 saturated carbocycles. The lowest BCUT2D eigenvalue weighted by Crippen LogP contribution is -2.04. The molecule has 0 unspecified atom stereocenters. The topological polar surface area (TPSA) is 40.5 Å². The highest BCUT2D eigenvalue weighted by atomic mass is 16.3. The molecule has 0 bridgehead atoms. The van der Waals surface area contributed by atoms with Crippen LogP contribution in [-0.4, -0.2) is 10.2 Å². The predicted octanol–water partition coefficient (Wildman–Crippen LogP) is 5.29. The summed E-state index contributed by atoms with van der Waals surface area (Å²) in [5.74, 6) is 0.531. The minimum atomic E-state index is 0.223. The minimum absolute atomic E-state index is 0.223. The van der Waals surface area contributed by atoms with E-state index in [0.29, 0.717) is 5.75 Å². The summed E-state index contributed by atoms with van der Waals surface area (Å²) in [7, 11) is 0. The zero-order valence-electron chi connectivity index (χ0n) is 14.0. The second-order valence-electron chi connectivity index (χ2n) is 5.95. The number of hydrogen-bond acceptors (Lipinski definition) is 2. The molecule has 0 saturated heterocycles. The first kappa shape index (κ1) is 16.4. The van der Waals surface area contributed by atoms with Crippen molar-refractivity contribution in [3.05, 3.63) is 46.5 Å². The Balaban J connectivity index is 2.84. The Morgan fingerprint density at radius 1 is 0.818 bits per heavy atom. The molecule has 22 heavy (non-hydrogen) atoms. The van der Waals surface area contributed by atoms with Gasteiger partial charge in [-0.15, -0.1) is 0 Å². The van der Waals surface area contributed by atoms with E-state index in [1.165, 1.54) is 16.7 Å². The summed E-state index contributed by atoms with van der Waals surface area (Å²) in [4.78, 5) is 0. The zero-order chi connectivity index (χ0) is 16.3. The average molecular weight is 298 g/mol. The molecule has 0 heterocycles. The van der Waals surface area contributed by atoms with Crippen LogP contribution in [0, 0.1) is 13.8 Å². The molecule has 0 aliphatic rings. The molecular weight excluding hydrogens is 272 g/mol. The highest BCUT2D eigenvalue weighted by Crippen LogP contribution is 2.43. The molecule has 0 aromatic heterocycles. The van der Waals surface area contributed by atoms with Crippen molar-refractivity contribution in [1.82, 2.24) is 0 Å². The third-order valence-corrected chi connectivity index (χ3v) is 4.45. The summed E-state index contributed by atoms with van der Waals surface area (Å²) in [6.45, 7) is 8.38. The largest absolute Gasteiger partial charge is 0.507 e. The van der Waals surface area contributed by atoms with E-state index in [1.54, 1.807) is 6.07 Å². The van der Waals surface area contributed by atoms with E-state index in [4.69, 9.17) is 0 Å². The fourth-order valence-corrected chi connectivity index (χ4v) is 3.20. The van der Waals surface area contributed by atoms with Gasteiger partial charge in [-0.1, -0.05) is 44.9 Å². The van der Waals surface area contributed by atoms with Gasteiger partial charge in [0.15, 0.2) is 0 Å². The molecule has 0 radical (unpaired) electrons. The van der Waals surface area contributed by atoms with Crippen LogP contribution in [0.1, 0.15) is 48.9 Å². The maximum Gasteiger partial charge on any atom is 0.127 e. The molecule has 0 aliphatic carbocycles. The van der Waals surface area contributed by atoms with Gasteiger partial charge in [-0.3, -0.25) is 0 Å². The lowest BCUT2D eigenvalue weighted by atomic mass is 9.84. The number of rotatable bonds is 5. The molecule has 0 fully saturated rings. The summed E-state index contributed by atoms with van der Waals surface area (Å²) in [6.07, 6.45) is 4.00. The molecule has 0 spiro atoms. The second kappa shape index (κ2) is 6.87. The van der Waals surface area contributed by atoms with E-state index in [-0.39, 0.29) is 5.75 Å². The highest BCUT2D eigenvalue weighted by molar-refractivity contribution is 5.81. The number of para-hydroxylation sites is 1. The quantitative estimate of drug-likeness (QED) is 0.787. The Hall–Kier alpha value is -1.96. The number of hydrogen-bond donors (Lipinski definition) is 2. The lowest BCUT2D eigenvalue weighted by Gasteiger charge is -2.22. The van der Waals surface area contributed by atoms with Crippen LogP contribution in [0.15, 0.2) is 24.3 Å². The summed E-state index contributed by atoms with van der Waals surface area (Å²) in [6, 6.07) is 7.27. The lowest BCUT2D eigenvalue weighted by molar-refractivity contribution is 0.465. The molecule has 0 amide bonds. The maximum atomic E-state index is 10.7. The van der Waals surface area contributed by atoms with E-state index in [0.717, 1.165) is 42.4 Å². The summed E-state index contributed by atoms with van der Waals surface area (Å²) in [5, 5.41) is 21.0. The zero-order valence-corrected chi connectivity index (χ0v) is 14.0. The van der Waals surface area contributed by atoms with Crippen molar-refractivity contribution in [2.24, 2.45) is 0 Å². The summed E-state index contributed by atoms with van der Waals surface area (Å²) >= 11 is 0. The average Bonchev–Trinajstić information content (AvgIpc) is 2.51. The van der Waals surface area contributed by atoms with Crippen molar-refractivity contribution in [3.8, 4) is 22.6 Å². The summed E-state index contributed by atoms with van der Waals surface area (Å²) in [5.41, 5.74) is 6.16. The Morgan fingerprint density at radius 3 is 2.00 bits per heavy atom. The van der Waals surface area contributed by atoms with Gasteiger partial charge in [-0.05, 0) is 55.0 Å². The Bertz CT molecular complexity index is 672. The van der Waals surface area contributed by atoms with Gasteiger partial charge >= 0.3 is 0 Å². The Kier molecular flexibility index (Phi) is 5.12. The maximum absolute atomic E-state index is 10.7. The Labute approximate surface area is 133 Å². The van der Waals surface area contributed by atoms with E-state index in [2.05, 4.69) is 20.8 Å². The van der Waals surface area contributed by atoms with Gasteiger partial charge in [-0.25, -0.2) is 0 Å². The van der Waals surface area contributed by atoms with Gasteiger partial charge in [0, 0.05) is 11.1 Å². The number of phenolic OH excluding ortho intramolecular Hbond substituents is 2. The molecule has 2 rings (SSSR count). The number of aromatic hydroxyl groups is 2. The Morgan fingerprint density at radius 2 is 1.41 bits per heavy atom. The third-order valence-electron chi connectivity index (χ3n) is 4.45. The molecular formula is C20H26O2. The summed E-state index contributed by atoms with van der Waals surface area (Å²) < 4.78 is 0. The van der Waals surface area contributed by atoms with Gasteiger partial charge < -0.3 is 10.2 Å². The van der Waals surface area contributed by atoms with Gasteiger partial charge in [0.25, 0.3) is 0 Å². The van der Waals surface area contributed by atoms with Crippen LogP contribution in [-0.2, 0) is 12.8 Å². The van der Waals surface area contributed by atoms with Crippen LogP contribution in [0.3, 0.4) is 0 Å². The van der Waals surface area contributed by atoms with Crippen molar-refractivity contribution >= 4 is 0 Å². The van der Waals surface area contributed by atoms with E-state index < -0.39 is 0 Å². The molecule has 2 heteroatoms. The van der Waals surface area contributed by atoms with Crippen LogP contribution in [0.4, 0.5) is 0 Å². The first-order valence-electron chi connectivity index (χ1n) is 8.15. The molecule has 2 nitrogen and oxygen atoms in total. The number of benzene rings is 2. The van der Waals surface area contributed by atoms with Gasteiger partial charge in [0.1, 0.15) is 11.5 Å². The van der Waals surface area contributed by atoms with E-state index in [1.807, 2.05) is 25.1 Å². The number of phenols is 2. The molecule has 2 N–H and O–H groups in total. The normalized spacial score (nSPS) is 10.9. The van der Waals surface area contributed by atoms with Crippen LogP contribution < -0.4 is 0 Å². The third kappa shape index (κ3) is 2.83. The van der Waals surface area contributed by atoms with Crippen molar-refractivity contribution in [2.45, 2.75) is 53.4 Å². The van der Waals surface area contributed by atoms with Crippen LogP contribution in [0.2, 0.25) is 0 Å². The second-order valence-corrected chi connectivity index (χ2v) is 5.95. The fourth-order valence-electron chi connectivity index (χ4n) is 3.20.